The molecule has 2 atom stereocenters. The molecule has 5 nitrogen and oxygen atoms in total. The molecule has 2 unspecified atom stereocenters. The maximum Gasteiger partial charge on any atom is 0.191 e. The smallest absolute Gasteiger partial charge is 0.191 e. The zero-order chi connectivity index (χ0) is 17.4. The maximum atomic E-state index is 5.54. The Labute approximate surface area is 144 Å². The molecule has 130 valence electrons. The summed E-state index contributed by atoms with van der Waals surface area (Å²) in [5.41, 5.74) is 1.32. The van der Waals surface area contributed by atoms with Crippen LogP contribution < -0.4 is 10.6 Å². The summed E-state index contributed by atoms with van der Waals surface area (Å²) in [7, 11) is 5.88. The van der Waals surface area contributed by atoms with Crippen LogP contribution in [0.4, 0.5) is 0 Å². The predicted molar refractivity (Wildman–Crippen MR) is 99.4 cm³/mol. The number of nitrogens with zero attached hydrogens (tertiary/aromatic N) is 2. The lowest BCUT2D eigenvalue weighted by atomic mass is 10.0. The number of benzene rings is 1. The highest BCUT2D eigenvalue weighted by Crippen LogP contribution is 2.17. The van der Waals surface area contributed by atoms with Gasteiger partial charge in [-0.3, -0.25) is 9.89 Å². The van der Waals surface area contributed by atoms with Crippen LogP contribution in [0.2, 0.25) is 0 Å². The molecule has 0 radical (unpaired) electrons. The first-order valence-corrected chi connectivity index (χ1v) is 8.31. The van der Waals surface area contributed by atoms with E-state index in [1.807, 2.05) is 32.3 Å². The number of likely N-dealkylation sites (N-methyl/N-ethyl adjacent to an activating group) is 1. The quantitative estimate of drug-likeness (QED) is 0.606. The van der Waals surface area contributed by atoms with Crippen LogP contribution in [-0.4, -0.2) is 45.1 Å². The second-order valence-electron chi connectivity index (χ2n) is 6.14. The molecule has 0 bridgehead atoms. The SMILES string of the molecule is CN=C(NCC(C)c1ccccc1)NCC(c1ccco1)N(C)C. The zero-order valence-electron chi connectivity index (χ0n) is 15.0. The lowest BCUT2D eigenvalue weighted by Crippen LogP contribution is -2.42. The summed E-state index contributed by atoms with van der Waals surface area (Å²) < 4.78 is 5.54. The van der Waals surface area contributed by atoms with E-state index in [1.165, 1.54) is 5.56 Å². The van der Waals surface area contributed by atoms with Crippen LogP contribution in [0.5, 0.6) is 0 Å². The monoisotopic (exact) mass is 328 g/mol. The Morgan fingerprint density at radius 3 is 2.38 bits per heavy atom. The van der Waals surface area contributed by atoms with Gasteiger partial charge in [0.2, 0.25) is 0 Å². The van der Waals surface area contributed by atoms with Crippen LogP contribution in [0, 0.1) is 0 Å². The summed E-state index contributed by atoms with van der Waals surface area (Å²) in [6, 6.07) is 14.6. The van der Waals surface area contributed by atoms with Crippen molar-refractivity contribution in [3.05, 3.63) is 60.1 Å². The largest absolute Gasteiger partial charge is 0.468 e. The molecular formula is C19H28N4O. The van der Waals surface area contributed by atoms with Crippen LogP contribution in [0.1, 0.15) is 30.2 Å². The number of nitrogens with one attached hydrogen (secondary N) is 2. The van der Waals surface area contributed by atoms with E-state index in [-0.39, 0.29) is 6.04 Å². The molecule has 2 N–H and O–H groups in total. The molecule has 5 heteroatoms. The third-order valence-corrected chi connectivity index (χ3v) is 4.13. The summed E-state index contributed by atoms with van der Waals surface area (Å²) in [4.78, 5) is 6.44. The van der Waals surface area contributed by atoms with E-state index in [0.717, 1.165) is 24.8 Å². The first-order valence-electron chi connectivity index (χ1n) is 8.31. The third kappa shape index (κ3) is 5.13. The van der Waals surface area contributed by atoms with Crippen LogP contribution in [0.15, 0.2) is 58.1 Å². The van der Waals surface area contributed by atoms with E-state index >= 15 is 0 Å². The van der Waals surface area contributed by atoms with Gasteiger partial charge in [0.05, 0.1) is 12.3 Å². The van der Waals surface area contributed by atoms with Gasteiger partial charge in [-0.1, -0.05) is 37.3 Å². The fourth-order valence-electron chi connectivity index (χ4n) is 2.58. The Balaban J connectivity index is 1.86. The lowest BCUT2D eigenvalue weighted by molar-refractivity contribution is 0.258. The number of hydrogen-bond acceptors (Lipinski definition) is 3. The maximum absolute atomic E-state index is 5.54. The molecule has 1 aromatic heterocycles. The summed E-state index contributed by atoms with van der Waals surface area (Å²) in [6.45, 7) is 3.76. The van der Waals surface area contributed by atoms with Gasteiger partial charge in [-0.05, 0) is 37.7 Å². The second-order valence-corrected chi connectivity index (χ2v) is 6.14. The van der Waals surface area contributed by atoms with Crippen molar-refractivity contribution in [1.29, 1.82) is 0 Å². The van der Waals surface area contributed by atoms with Gasteiger partial charge in [0.25, 0.3) is 0 Å². The van der Waals surface area contributed by atoms with Crippen molar-refractivity contribution < 1.29 is 4.42 Å². The average Bonchev–Trinajstić information content (AvgIpc) is 3.12. The lowest BCUT2D eigenvalue weighted by Gasteiger charge is -2.24. The topological polar surface area (TPSA) is 52.8 Å². The highest BCUT2D eigenvalue weighted by Gasteiger charge is 2.17. The molecule has 2 aromatic rings. The van der Waals surface area contributed by atoms with Gasteiger partial charge in [0.1, 0.15) is 5.76 Å². The molecule has 1 aromatic carbocycles. The Kier molecular flexibility index (Phi) is 6.88. The van der Waals surface area contributed by atoms with Gasteiger partial charge in [-0.15, -0.1) is 0 Å². The fourth-order valence-corrected chi connectivity index (χ4v) is 2.58. The van der Waals surface area contributed by atoms with Crippen LogP contribution in [0.25, 0.3) is 0 Å². The summed E-state index contributed by atoms with van der Waals surface area (Å²) in [6.07, 6.45) is 1.71. The van der Waals surface area contributed by atoms with E-state index in [4.69, 9.17) is 4.42 Å². The fraction of sp³-hybridized carbons (Fsp3) is 0.421. The zero-order valence-corrected chi connectivity index (χ0v) is 15.0. The van der Waals surface area contributed by atoms with Gasteiger partial charge in [-0.2, -0.15) is 0 Å². The molecule has 0 saturated carbocycles. The number of hydrogen-bond donors (Lipinski definition) is 2. The van der Waals surface area contributed by atoms with E-state index in [2.05, 4.69) is 51.7 Å². The number of guanidine groups is 1. The molecule has 0 aliphatic heterocycles. The van der Waals surface area contributed by atoms with E-state index in [9.17, 15) is 0 Å². The third-order valence-electron chi connectivity index (χ3n) is 4.13. The molecule has 0 spiro atoms. The molecule has 2 rings (SSSR count). The molecule has 0 aliphatic carbocycles. The minimum Gasteiger partial charge on any atom is -0.468 e. The second kappa shape index (κ2) is 9.13. The Bertz CT molecular complexity index is 608. The van der Waals surface area contributed by atoms with Crippen LogP contribution in [-0.2, 0) is 0 Å². The van der Waals surface area contributed by atoms with Gasteiger partial charge < -0.3 is 15.1 Å². The average molecular weight is 328 g/mol. The van der Waals surface area contributed by atoms with Crippen molar-refractivity contribution in [1.82, 2.24) is 15.5 Å². The van der Waals surface area contributed by atoms with Crippen molar-refractivity contribution >= 4 is 5.96 Å². The van der Waals surface area contributed by atoms with Crippen molar-refractivity contribution in [3.8, 4) is 0 Å². The Hall–Kier alpha value is -2.27. The summed E-state index contributed by atoms with van der Waals surface area (Å²) in [5, 5.41) is 6.78. The highest BCUT2D eigenvalue weighted by molar-refractivity contribution is 5.79. The van der Waals surface area contributed by atoms with Crippen molar-refractivity contribution in [3.63, 3.8) is 0 Å². The normalized spacial score (nSPS) is 14.5. The minimum absolute atomic E-state index is 0.157. The first kappa shape index (κ1) is 18.1. The van der Waals surface area contributed by atoms with Crippen LogP contribution >= 0.6 is 0 Å². The molecule has 0 amide bonds. The minimum atomic E-state index is 0.157. The Morgan fingerprint density at radius 1 is 1.08 bits per heavy atom. The van der Waals surface area contributed by atoms with Gasteiger partial charge in [-0.25, -0.2) is 0 Å². The highest BCUT2D eigenvalue weighted by atomic mass is 16.3. The van der Waals surface area contributed by atoms with Gasteiger partial charge in [0, 0.05) is 20.1 Å². The van der Waals surface area contributed by atoms with Gasteiger partial charge >= 0.3 is 0 Å². The van der Waals surface area contributed by atoms with E-state index in [1.54, 1.807) is 13.3 Å². The number of furan rings is 1. The first-order chi connectivity index (χ1) is 11.6. The molecule has 0 saturated heterocycles. The molecular weight excluding hydrogens is 300 g/mol. The predicted octanol–water partition coefficient (Wildman–Crippen LogP) is 2.85. The number of aliphatic imine (C=N–C) groups is 1. The number of rotatable bonds is 7. The van der Waals surface area contributed by atoms with Crippen molar-refractivity contribution in [2.45, 2.75) is 18.9 Å². The van der Waals surface area contributed by atoms with Crippen molar-refractivity contribution in [2.24, 2.45) is 4.99 Å². The summed E-state index contributed by atoms with van der Waals surface area (Å²) in [5.74, 6) is 2.16. The molecule has 1 heterocycles. The van der Waals surface area contributed by atoms with Gasteiger partial charge in [0.15, 0.2) is 5.96 Å². The van der Waals surface area contributed by atoms with Crippen molar-refractivity contribution in [2.75, 3.05) is 34.2 Å². The Morgan fingerprint density at radius 2 is 1.79 bits per heavy atom. The standard InChI is InChI=1S/C19H28N4O/c1-15(16-9-6-5-7-10-16)13-21-19(20-2)22-14-17(23(3)4)18-11-8-12-24-18/h5-12,15,17H,13-14H2,1-4H3,(H2,20,21,22). The van der Waals surface area contributed by atoms with Crippen LogP contribution in [0.3, 0.4) is 0 Å². The molecule has 24 heavy (non-hydrogen) atoms. The summed E-state index contributed by atoms with van der Waals surface area (Å²) >= 11 is 0. The van der Waals surface area contributed by atoms with E-state index < -0.39 is 0 Å². The van der Waals surface area contributed by atoms with E-state index in [0.29, 0.717) is 5.92 Å². The molecule has 0 aliphatic rings. The molecule has 0 fully saturated rings.